The van der Waals surface area contributed by atoms with E-state index in [0.717, 1.165) is 68.7 Å². The molecule has 0 spiro atoms. The van der Waals surface area contributed by atoms with Crippen LogP contribution in [0, 0.1) is 0 Å². The minimum Gasteiger partial charge on any atom is -0.454 e. The number of rotatable bonds is 6. The molecule has 0 bridgehead atoms. The number of ether oxygens (including phenoxy) is 2. The van der Waals surface area contributed by atoms with Crippen LogP contribution in [-0.4, -0.2) is 74.5 Å². The second-order valence-corrected chi connectivity index (χ2v) is 9.55. The highest BCUT2D eigenvalue weighted by atomic mass is 16.7. The summed E-state index contributed by atoms with van der Waals surface area (Å²) in [6.07, 6.45) is 5.67. The van der Waals surface area contributed by atoms with Crippen LogP contribution in [0.1, 0.15) is 62.5 Å². The van der Waals surface area contributed by atoms with E-state index < -0.39 is 0 Å². The molecular formula is C24H31N7O3. The molecule has 34 heavy (non-hydrogen) atoms. The predicted molar refractivity (Wildman–Crippen MR) is 126 cm³/mol. The Morgan fingerprint density at radius 2 is 1.85 bits per heavy atom. The van der Waals surface area contributed by atoms with Crippen molar-refractivity contribution in [3.63, 3.8) is 0 Å². The number of tetrazole rings is 1. The smallest absolute Gasteiger partial charge is 0.253 e. The Morgan fingerprint density at radius 1 is 1.09 bits per heavy atom. The molecule has 1 atom stereocenters. The van der Waals surface area contributed by atoms with E-state index in [-0.39, 0.29) is 18.4 Å². The third-order valence-corrected chi connectivity index (χ3v) is 7.41. The molecule has 1 N–H and O–H groups in total. The van der Waals surface area contributed by atoms with E-state index in [1.54, 1.807) is 0 Å². The molecule has 0 radical (unpaired) electrons. The predicted octanol–water partition coefficient (Wildman–Crippen LogP) is 2.48. The molecule has 2 aromatic heterocycles. The Labute approximate surface area is 197 Å². The first-order valence-corrected chi connectivity index (χ1v) is 12.4. The van der Waals surface area contributed by atoms with Gasteiger partial charge in [-0.15, -0.1) is 5.10 Å². The van der Waals surface area contributed by atoms with E-state index in [1.165, 1.54) is 12.8 Å². The van der Waals surface area contributed by atoms with Gasteiger partial charge in [0.1, 0.15) is 6.04 Å². The zero-order valence-electron chi connectivity index (χ0n) is 19.6. The van der Waals surface area contributed by atoms with Crippen LogP contribution in [0.4, 0.5) is 0 Å². The van der Waals surface area contributed by atoms with Gasteiger partial charge in [-0.1, -0.05) is 19.8 Å². The van der Waals surface area contributed by atoms with E-state index in [0.29, 0.717) is 23.1 Å². The zero-order valence-corrected chi connectivity index (χ0v) is 19.6. The second kappa shape index (κ2) is 8.99. The number of nitrogens with zero attached hydrogens (tertiary/aromatic N) is 6. The average Bonchev–Trinajstić information content (AvgIpc) is 3.61. The van der Waals surface area contributed by atoms with E-state index in [4.69, 9.17) is 9.47 Å². The monoisotopic (exact) mass is 465 g/mol. The van der Waals surface area contributed by atoms with Crippen LogP contribution >= 0.6 is 0 Å². The summed E-state index contributed by atoms with van der Waals surface area (Å²) in [6, 6.07) is 5.74. The molecule has 3 aliphatic rings. The van der Waals surface area contributed by atoms with Crippen LogP contribution in [-0.2, 0) is 0 Å². The quantitative estimate of drug-likeness (QED) is 0.593. The molecular weight excluding hydrogens is 434 g/mol. The highest BCUT2D eigenvalue weighted by molar-refractivity contribution is 5.83. The summed E-state index contributed by atoms with van der Waals surface area (Å²) >= 11 is 0. The van der Waals surface area contributed by atoms with Crippen LogP contribution in [0.15, 0.2) is 23.0 Å². The second-order valence-electron chi connectivity index (χ2n) is 9.55. The molecule has 180 valence electrons. The van der Waals surface area contributed by atoms with Gasteiger partial charge in [0.15, 0.2) is 17.3 Å². The summed E-state index contributed by atoms with van der Waals surface area (Å²) in [5.41, 5.74) is 1.29. The Hall–Kier alpha value is -2.98. The van der Waals surface area contributed by atoms with Crippen molar-refractivity contribution >= 4 is 10.9 Å². The summed E-state index contributed by atoms with van der Waals surface area (Å²) in [4.78, 5) is 21.4. The van der Waals surface area contributed by atoms with Crippen molar-refractivity contribution in [3.05, 3.63) is 39.9 Å². The van der Waals surface area contributed by atoms with Crippen LogP contribution in [0.3, 0.4) is 0 Å². The number of pyridine rings is 1. The third-order valence-electron chi connectivity index (χ3n) is 7.41. The molecule has 1 unspecified atom stereocenters. The summed E-state index contributed by atoms with van der Waals surface area (Å²) in [5.74, 6) is 2.12. The summed E-state index contributed by atoms with van der Waals surface area (Å²) in [6.45, 7) is 7.18. The number of fused-ring (bicyclic) bond motifs is 2. The number of hydrogen-bond acceptors (Lipinski definition) is 8. The molecule has 1 saturated carbocycles. The average molecular weight is 466 g/mol. The molecule has 2 aliphatic heterocycles. The van der Waals surface area contributed by atoms with Gasteiger partial charge >= 0.3 is 0 Å². The van der Waals surface area contributed by atoms with E-state index >= 15 is 0 Å². The Kier molecular flexibility index (Phi) is 5.70. The van der Waals surface area contributed by atoms with Crippen molar-refractivity contribution < 1.29 is 9.47 Å². The van der Waals surface area contributed by atoms with Gasteiger partial charge < -0.3 is 19.4 Å². The van der Waals surface area contributed by atoms with Crippen LogP contribution < -0.4 is 15.0 Å². The van der Waals surface area contributed by atoms with Crippen molar-refractivity contribution in [2.24, 2.45) is 0 Å². The van der Waals surface area contributed by atoms with Gasteiger partial charge in [-0.2, -0.15) is 0 Å². The Morgan fingerprint density at radius 3 is 2.62 bits per heavy atom. The van der Waals surface area contributed by atoms with Gasteiger partial charge in [0.05, 0.1) is 11.6 Å². The molecule has 2 fully saturated rings. The van der Waals surface area contributed by atoms with E-state index in [1.807, 2.05) is 22.9 Å². The molecule has 3 aromatic rings. The fraction of sp³-hybridized carbons (Fsp3) is 0.583. The first-order chi connectivity index (χ1) is 16.7. The fourth-order valence-corrected chi connectivity index (χ4v) is 5.67. The van der Waals surface area contributed by atoms with Gasteiger partial charge in [0.2, 0.25) is 6.79 Å². The van der Waals surface area contributed by atoms with Crippen molar-refractivity contribution in [3.8, 4) is 11.5 Å². The number of aromatic nitrogens is 5. The standard InChI is InChI=1S/C24H31N7O3/c1-2-7-29-8-10-30(11-9-29)22(23-26-27-28-31(23)17-5-3-4-6-17)18-12-16-13-20-21(34-15-33-20)14-19(16)25-24(18)32/h12-14,17,22H,2-11,15H2,1H3,(H,25,32). The van der Waals surface area contributed by atoms with Crippen LogP contribution in [0.25, 0.3) is 10.9 Å². The van der Waals surface area contributed by atoms with E-state index in [2.05, 4.69) is 37.2 Å². The largest absolute Gasteiger partial charge is 0.454 e. The lowest BCUT2D eigenvalue weighted by Crippen LogP contribution is -2.49. The maximum atomic E-state index is 13.5. The highest BCUT2D eigenvalue weighted by Gasteiger charge is 2.34. The summed E-state index contributed by atoms with van der Waals surface area (Å²) in [7, 11) is 0. The number of benzene rings is 1. The molecule has 4 heterocycles. The molecule has 0 amide bonds. The first kappa shape index (κ1) is 21.5. The number of aromatic amines is 1. The van der Waals surface area contributed by atoms with Gasteiger partial charge in [-0.3, -0.25) is 9.69 Å². The number of piperazine rings is 1. The third kappa shape index (κ3) is 3.84. The normalized spacial score (nSPS) is 20.4. The summed E-state index contributed by atoms with van der Waals surface area (Å²) < 4.78 is 13.1. The number of nitrogens with one attached hydrogen (secondary N) is 1. The minimum absolute atomic E-state index is 0.117. The lowest BCUT2D eigenvalue weighted by Gasteiger charge is -2.38. The maximum absolute atomic E-state index is 13.5. The zero-order chi connectivity index (χ0) is 23.1. The fourth-order valence-electron chi connectivity index (χ4n) is 5.67. The van der Waals surface area contributed by atoms with Gasteiger partial charge in [-0.25, -0.2) is 4.68 Å². The Balaban J connectivity index is 1.43. The highest BCUT2D eigenvalue weighted by Crippen LogP contribution is 2.37. The van der Waals surface area contributed by atoms with Crippen molar-refractivity contribution in [2.45, 2.75) is 51.1 Å². The number of H-pyrrole nitrogens is 1. The van der Waals surface area contributed by atoms with Gasteiger partial charge in [-0.05, 0) is 48.4 Å². The maximum Gasteiger partial charge on any atom is 0.253 e. The molecule has 1 aliphatic carbocycles. The van der Waals surface area contributed by atoms with Crippen LogP contribution in [0.2, 0.25) is 0 Å². The molecule has 1 aromatic carbocycles. The first-order valence-electron chi connectivity index (χ1n) is 12.4. The Bertz CT molecular complexity index is 1230. The molecule has 10 heteroatoms. The van der Waals surface area contributed by atoms with Crippen LogP contribution in [0.5, 0.6) is 11.5 Å². The molecule has 6 rings (SSSR count). The lowest BCUT2D eigenvalue weighted by molar-refractivity contribution is 0.103. The van der Waals surface area contributed by atoms with Gasteiger partial charge in [0.25, 0.3) is 5.56 Å². The van der Waals surface area contributed by atoms with Gasteiger partial charge in [0, 0.05) is 43.2 Å². The molecule has 10 nitrogen and oxygen atoms in total. The van der Waals surface area contributed by atoms with Crippen molar-refractivity contribution in [1.29, 1.82) is 0 Å². The minimum atomic E-state index is -0.307. The summed E-state index contributed by atoms with van der Waals surface area (Å²) in [5, 5.41) is 13.9. The molecule has 1 saturated heterocycles. The topological polar surface area (TPSA) is 101 Å². The van der Waals surface area contributed by atoms with Crippen molar-refractivity contribution in [1.82, 2.24) is 35.0 Å². The van der Waals surface area contributed by atoms with Crippen molar-refractivity contribution in [2.75, 3.05) is 39.5 Å². The lowest BCUT2D eigenvalue weighted by atomic mass is 10.0. The van der Waals surface area contributed by atoms with E-state index in [9.17, 15) is 4.79 Å². The SMILES string of the molecule is CCCN1CCN(C(c2cc3cc4c(cc3[nH]c2=O)OCO4)c2nnnn2C2CCCC2)CC1. The number of hydrogen-bond donors (Lipinski definition) is 1.